The molecule has 1 N–H and O–H groups in total. The Bertz CT molecular complexity index is 1600. The third-order valence-corrected chi connectivity index (χ3v) is 8.12. The Kier molecular flexibility index (Phi) is 11.0. The number of rotatable bonds is 6. The van der Waals surface area contributed by atoms with Crippen LogP contribution in [0, 0.1) is 0 Å². The Hall–Kier alpha value is -4.26. The van der Waals surface area contributed by atoms with Crippen molar-refractivity contribution in [1.29, 1.82) is 0 Å². The van der Waals surface area contributed by atoms with E-state index in [0.29, 0.717) is 0 Å². The molecule has 4 nitrogen and oxygen atoms in total. The maximum atomic E-state index is 9.00. The van der Waals surface area contributed by atoms with Crippen molar-refractivity contribution in [3.63, 3.8) is 0 Å². The van der Waals surface area contributed by atoms with Crippen LogP contribution in [0.25, 0.3) is 44.5 Å². The minimum atomic E-state index is -0.833. The molecule has 2 aromatic heterocycles. The Morgan fingerprint density at radius 1 is 0.524 bits per heavy atom. The molecule has 4 aromatic carbocycles. The molecule has 0 saturated carbocycles. The zero-order valence-corrected chi connectivity index (χ0v) is 26.1. The van der Waals surface area contributed by atoms with Gasteiger partial charge in [-0.25, -0.2) is 0 Å². The van der Waals surface area contributed by atoms with E-state index < -0.39 is 5.97 Å². The maximum absolute atomic E-state index is 9.00. The van der Waals surface area contributed by atoms with Gasteiger partial charge in [0.15, 0.2) is 0 Å². The first-order valence-corrected chi connectivity index (χ1v) is 14.6. The molecule has 0 radical (unpaired) electrons. The Balaban J connectivity index is 0.000000763. The quantitative estimate of drug-likeness (QED) is 0.150. The molecule has 0 spiro atoms. The van der Waals surface area contributed by atoms with E-state index in [4.69, 9.17) is 19.9 Å². The first-order valence-electron chi connectivity index (χ1n) is 13.1. The number of aromatic nitrogens is 2. The molecule has 42 heavy (non-hydrogen) atoms. The van der Waals surface area contributed by atoms with E-state index in [1.54, 1.807) is 0 Å². The molecule has 1 atom stereocenters. The summed E-state index contributed by atoms with van der Waals surface area (Å²) in [6, 6.07) is 46.6. The predicted octanol–water partition coefficient (Wildman–Crippen LogP) is 7.33. The average Bonchev–Trinajstić information content (AvgIpc) is 3.02. The molecule has 0 amide bonds. The summed E-state index contributed by atoms with van der Waals surface area (Å²) in [7, 11) is 0. The van der Waals surface area contributed by atoms with Crippen molar-refractivity contribution in [2.75, 3.05) is 0 Å². The van der Waals surface area contributed by atoms with Crippen molar-refractivity contribution >= 4 is 24.2 Å². The van der Waals surface area contributed by atoms with Crippen molar-refractivity contribution < 1.29 is 27.9 Å². The van der Waals surface area contributed by atoms with Gasteiger partial charge in [-0.1, -0.05) is 0 Å². The molecule has 6 heteroatoms. The number of carboxylic acids is 1. The molecule has 0 aliphatic heterocycles. The molecule has 2 heterocycles. The van der Waals surface area contributed by atoms with Crippen LogP contribution >= 0.6 is 9.90 Å². The molecule has 0 fully saturated rings. The van der Waals surface area contributed by atoms with E-state index in [2.05, 4.69) is 133 Å². The van der Waals surface area contributed by atoms with Crippen LogP contribution < -0.4 is 8.33 Å². The van der Waals surface area contributed by atoms with Crippen molar-refractivity contribution in [2.45, 2.75) is 6.92 Å². The molecule has 6 rings (SSSR count). The van der Waals surface area contributed by atoms with Gasteiger partial charge < -0.3 is 5.11 Å². The third kappa shape index (κ3) is 7.52. The van der Waals surface area contributed by atoms with E-state index in [0.717, 1.165) is 15.3 Å². The van der Waals surface area contributed by atoms with E-state index in [-0.39, 0.29) is 27.9 Å². The second kappa shape index (κ2) is 15.1. The molecule has 0 saturated heterocycles. The Labute approximate surface area is 258 Å². The molecule has 0 aliphatic carbocycles. The molecule has 1 unspecified atom stereocenters. The van der Waals surface area contributed by atoms with Gasteiger partial charge in [0.05, 0.1) is 0 Å². The van der Waals surface area contributed by atoms with Gasteiger partial charge in [0.2, 0.25) is 0 Å². The van der Waals surface area contributed by atoms with Crippen LogP contribution in [0.2, 0.25) is 0 Å². The zero-order chi connectivity index (χ0) is 28.4. The number of benzene rings is 4. The Morgan fingerprint density at radius 2 is 0.810 bits per heavy atom. The summed E-state index contributed by atoms with van der Waals surface area (Å²) in [5.74, 6) is -0.833. The van der Waals surface area contributed by atoms with E-state index in [9.17, 15) is 0 Å². The minimum absolute atomic E-state index is 0. The fourth-order valence-corrected chi connectivity index (χ4v) is 6.53. The number of carboxylic acid groups (broad SMARTS) is 1. The van der Waals surface area contributed by atoms with Gasteiger partial charge in [-0.3, -0.25) is 4.79 Å². The second-order valence-electron chi connectivity index (χ2n) is 9.05. The molecule has 212 valence electrons. The van der Waals surface area contributed by atoms with E-state index in [1.807, 2.05) is 12.4 Å². The summed E-state index contributed by atoms with van der Waals surface area (Å²) < 4.78 is 2.13. The fourth-order valence-electron chi connectivity index (χ4n) is 4.50. The zero-order valence-electron chi connectivity index (χ0n) is 23.1. The van der Waals surface area contributed by atoms with Gasteiger partial charge in [0.1, 0.15) is 0 Å². The van der Waals surface area contributed by atoms with Gasteiger partial charge >= 0.3 is 227 Å². The SMILES string of the molecule is CC(=O)O.P.c1ccc(-c2ccn[c]([Pd][c]3nccc(-c4ccccc4)c3-c3ccccc3)c2-c2ccccc2)cc1. The van der Waals surface area contributed by atoms with Gasteiger partial charge in [-0.2, -0.15) is 9.90 Å². The third-order valence-electron chi connectivity index (χ3n) is 6.21. The summed E-state index contributed by atoms with van der Waals surface area (Å²) in [4.78, 5) is 18.9. The van der Waals surface area contributed by atoms with Crippen LogP contribution in [0.3, 0.4) is 0 Å². The van der Waals surface area contributed by atoms with Crippen molar-refractivity contribution in [3.05, 3.63) is 146 Å². The summed E-state index contributed by atoms with van der Waals surface area (Å²) in [6.45, 7) is 1.08. The van der Waals surface area contributed by atoms with Gasteiger partial charge in [0, 0.05) is 6.92 Å². The van der Waals surface area contributed by atoms with Gasteiger partial charge in [0.25, 0.3) is 5.97 Å². The fraction of sp³-hybridized carbons (Fsp3) is 0.0278. The van der Waals surface area contributed by atoms with Crippen LogP contribution in [-0.4, -0.2) is 21.0 Å². The topological polar surface area (TPSA) is 63.1 Å². The number of hydrogen-bond donors (Lipinski definition) is 1. The first kappa shape index (κ1) is 30.7. The molecular weight excluding hydrogens is 630 g/mol. The molecular formula is C36H31N2O2PPd. The number of pyridine rings is 2. The normalized spacial score (nSPS) is 10.2. The number of carbonyl (C=O) groups is 1. The van der Waals surface area contributed by atoms with Crippen LogP contribution in [0.1, 0.15) is 6.92 Å². The monoisotopic (exact) mass is 660 g/mol. The summed E-state index contributed by atoms with van der Waals surface area (Å²) >= 11 is 0.0178. The van der Waals surface area contributed by atoms with Crippen LogP contribution in [-0.2, 0) is 22.8 Å². The summed E-state index contributed by atoms with van der Waals surface area (Å²) in [5.41, 5.74) is 9.45. The second-order valence-corrected chi connectivity index (χ2v) is 10.9. The number of aliphatic carboxylic acids is 1. The van der Waals surface area contributed by atoms with Crippen LogP contribution in [0.4, 0.5) is 0 Å². The van der Waals surface area contributed by atoms with Crippen molar-refractivity contribution in [3.8, 4) is 44.5 Å². The van der Waals surface area contributed by atoms with Gasteiger partial charge in [-0.15, -0.1) is 0 Å². The molecule has 0 aliphatic rings. The number of hydrogen-bond acceptors (Lipinski definition) is 3. The molecule has 0 bridgehead atoms. The van der Waals surface area contributed by atoms with Crippen LogP contribution in [0.5, 0.6) is 0 Å². The van der Waals surface area contributed by atoms with Crippen molar-refractivity contribution in [1.82, 2.24) is 9.97 Å². The first-order chi connectivity index (χ1) is 20.1. The van der Waals surface area contributed by atoms with Gasteiger partial charge in [-0.05, 0) is 0 Å². The average molecular weight is 661 g/mol. The standard InChI is InChI=1S/2C17H12N.C2H4O2.H3P.Pd/c2*1-3-7-14(8-4-1)16-11-12-18-13-17(16)15-9-5-2-6-10-15;1-2(3)4;;/h2*1-12H;1H3,(H,3,4);1H3;. The summed E-state index contributed by atoms with van der Waals surface area (Å²) in [5, 5.41) is 7.42. The van der Waals surface area contributed by atoms with Crippen molar-refractivity contribution in [2.24, 2.45) is 0 Å². The predicted molar refractivity (Wildman–Crippen MR) is 174 cm³/mol. The van der Waals surface area contributed by atoms with Crippen LogP contribution in [0.15, 0.2) is 146 Å². The molecule has 6 aromatic rings. The van der Waals surface area contributed by atoms with E-state index in [1.165, 1.54) is 44.5 Å². The number of nitrogens with zero attached hydrogens (tertiary/aromatic N) is 2. The van der Waals surface area contributed by atoms with E-state index >= 15 is 0 Å². The summed E-state index contributed by atoms with van der Waals surface area (Å²) in [6.07, 6.45) is 3.87. The Morgan fingerprint density at radius 3 is 1.12 bits per heavy atom.